The van der Waals surface area contributed by atoms with E-state index in [-0.39, 0.29) is 11.5 Å². The summed E-state index contributed by atoms with van der Waals surface area (Å²) in [4.78, 5) is 12.0. The number of nitriles is 1. The Morgan fingerprint density at radius 1 is 1.61 bits per heavy atom. The van der Waals surface area contributed by atoms with Gasteiger partial charge >= 0.3 is 0 Å². The highest BCUT2D eigenvalue weighted by atomic mass is 19.1. The molecule has 0 bridgehead atoms. The van der Waals surface area contributed by atoms with E-state index in [0.29, 0.717) is 12.1 Å². The van der Waals surface area contributed by atoms with Gasteiger partial charge in [0.15, 0.2) is 0 Å². The van der Waals surface area contributed by atoms with Gasteiger partial charge in [-0.1, -0.05) is 6.92 Å². The first-order valence-corrected chi connectivity index (χ1v) is 5.53. The molecule has 1 aromatic rings. The number of benzene rings is 1. The van der Waals surface area contributed by atoms with Crippen molar-refractivity contribution in [2.45, 2.75) is 25.9 Å². The van der Waals surface area contributed by atoms with Crippen LogP contribution >= 0.6 is 0 Å². The minimum absolute atomic E-state index is 0.108. The zero-order valence-electron chi connectivity index (χ0n) is 10.6. The molecule has 0 aliphatic rings. The Labute approximate surface area is 105 Å². The fourth-order valence-corrected chi connectivity index (χ4v) is 1.35. The largest absolute Gasteiger partial charge is 0.369 e. The first kappa shape index (κ1) is 14.1. The van der Waals surface area contributed by atoms with Gasteiger partial charge in [0.1, 0.15) is 17.5 Å². The van der Waals surface area contributed by atoms with Crippen LogP contribution in [0.1, 0.15) is 25.8 Å². The topological polar surface area (TPSA) is 62.1 Å². The van der Waals surface area contributed by atoms with Crippen LogP contribution in [0.3, 0.4) is 0 Å². The van der Waals surface area contributed by atoms with Crippen molar-refractivity contribution in [2.24, 2.45) is 0 Å². The number of nitrogens with zero attached hydrogens (tertiary/aromatic N) is 1. The molecule has 0 fully saturated rings. The number of halogens is 1. The molecular weight excluding hydrogens is 235 g/mol. The lowest BCUT2D eigenvalue weighted by atomic mass is 10.0. The number of hydrogen-bond donors (Lipinski definition) is 1. The van der Waals surface area contributed by atoms with Gasteiger partial charge in [0.2, 0.25) is 0 Å². The molecule has 1 aromatic carbocycles. The Morgan fingerprint density at radius 2 is 2.28 bits per heavy atom. The van der Waals surface area contributed by atoms with Crippen molar-refractivity contribution in [2.75, 3.05) is 12.4 Å². The minimum Gasteiger partial charge on any atom is -0.369 e. The first-order valence-electron chi connectivity index (χ1n) is 5.53. The highest BCUT2D eigenvalue weighted by Gasteiger charge is 2.30. The molecule has 0 aliphatic heterocycles. The fraction of sp³-hybridized carbons (Fsp3) is 0.385. The van der Waals surface area contributed by atoms with Crippen molar-refractivity contribution in [3.63, 3.8) is 0 Å². The second-order valence-corrected chi connectivity index (χ2v) is 4.05. The van der Waals surface area contributed by atoms with Gasteiger partial charge in [-0.3, -0.25) is 4.79 Å². The lowest BCUT2D eigenvalue weighted by Crippen LogP contribution is -2.41. The molecule has 1 atom stereocenters. The number of amides is 1. The molecule has 0 saturated heterocycles. The van der Waals surface area contributed by atoms with Gasteiger partial charge in [-0.25, -0.2) is 4.39 Å². The van der Waals surface area contributed by atoms with Crippen molar-refractivity contribution in [1.29, 1.82) is 5.26 Å². The third-order valence-corrected chi connectivity index (χ3v) is 2.95. The van der Waals surface area contributed by atoms with Crippen LogP contribution in [0.25, 0.3) is 0 Å². The number of carbonyl (C=O) groups is 1. The standard InChI is InChI=1S/C13H15FN2O2/c1-4-13(2,18-3)12(17)16-10-5-6-11(14)9(7-10)8-15/h5-7H,4H2,1-3H3,(H,16,17). The molecular formula is C13H15FN2O2. The number of ether oxygens (including phenoxy) is 1. The van der Waals surface area contributed by atoms with Gasteiger partial charge in [-0.2, -0.15) is 5.26 Å². The Morgan fingerprint density at radius 3 is 2.78 bits per heavy atom. The van der Waals surface area contributed by atoms with E-state index in [9.17, 15) is 9.18 Å². The Kier molecular flexibility index (Phi) is 4.40. The minimum atomic E-state index is -0.943. The van der Waals surface area contributed by atoms with E-state index in [4.69, 9.17) is 10.00 Å². The third-order valence-electron chi connectivity index (χ3n) is 2.95. The summed E-state index contributed by atoms with van der Waals surface area (Å²) in [6.45, 7) is 3.49. The van der Waals surface area contributed by atoms with Crippen molar-refractivity contribution in [3.8, 4) is 6.07 Å². The summed E-state index contributed by atoms with van der Waals surface area (Å²) in [7, 11) is 1.45. The van der Waals surface area contributed by atoms with Crippen LogP contribution < -0.4 is 5.32 Å². The average Bonchev–Trinajstić information content (AvgIpc) is 2.39. The summed E-state index contributed by atoms with van der Waals surface area (Å²) >= 11 is 0. The van der Waals surface area contributed by atoms with Crippen molar-refractivity contribution < 1.29 is 13.9 Å². The van der Waals surface area contributed by atoms with Crippen LogP contribution in [0.5, 0.6) is 0 Å². The summed E-state index contributed by atoms with van der Waals surface area (Å²) < 4.78 is 18.3. The molecule has 1 unspecified atom stereocenters. The molecule has 0 aromatic heterocycles. The number of carbonyl (C=O) groups excluding carboxylic acids is 1. The van der Waals surface area contributed by atoms with E-state index in [1.54, 1.807) is 13.0 Å². The lowest BCUT2D eigenvalue weighted by Gasteiger charge is -2.25. The van der Waals surface area contributed by atoms with Crippen LogP contribution in [0.2, 0.25) is 0 Å². The zero-order valence-corrected chi connectivity index (χ0v) is 10.6. The number of methoxy groups -OCH3 is 1. The van der Waals surface area contributed by atoms with Crippen LogP contribution in [0.4, 0.5) is 10.1 Å². The first-order chi connectivity index (χ1) is 8.46. The lowest BCUT2D eigenvalue weighted by molar-refractivity contribution is -0.136. The smallest absolute Gasteiger partial charge is 0.256 e. The molecule has 4 nitrogen and oxygen atoms in total. The molecule has 0 saturated carbocycles. The molecule has 96 valence electrons. The van der Waals surface area contributed by atoms with Crippen LogP contribution in [-0.4, -0.2) is 18.6 Å². The number of anilines is 1. The molecule has 18 heavy (non-hydrogen) atoms. The highest BCUT2D eigenvalue weighted by Crippen LogP contribution is 2.19. The van der Waals surface area contributed by atoms with Gasteiger partial charge in [-0.05, 0) is 31.5 Å². The van der Waals surface area contributed by atoms with E-state index in [2.05, 4.69) is 5.32 Å². The van der Waals surface area contributed by atoms with E-state index in [0.717, 1.165) is 6.07 Å². The van der Waals surface area contributed by atoms with Gasteiger partial charge in [-0.15, -0.1) is 0 Å². The van der Waals surface area contributed by atoms with Crippen molar-refractivity contribution in [1.82, 2.24) is 0 Å². The summed E-state index contributed by atoms with van der Waals surface area (Å²) in [5.74, 6) is -0.941. The van der Waals surface area contributed by atoms with E-state index < -0.39 is 11.4 Å². The molecule has 1 N–H and O–H groups in total. The Balaban J connectivity index is 2.93. The maximum atomic E-state index is 13.1. The number of nitrogens with one attached hydrogen (secondary N) is 1. The number of rotatable bonds is 4. The van der Waals surface area contributed by atoms with Crippen LogP contribution in [0.15, 0.2) is 18.2 Å². The maximum Gasteiger partial charge on any atom is 0.256 e. The monoisotopic (exact) mass is 250 g/mol. The Bertz CT molecular complexity index is 490. The maximum absolute atomic E-state index is 13.1. The van der Waals surface area contributed by atoms with E-state index >= 15 is 0 Å². The normalized spacial score (nSPS) is 13.5. The predicted molar refractivity (Wildman–Crippen MR) is 65.4 cm³/mol. The quantitative estimate of drug-likeness (QED) is 0.892. The SMILES string of the molecule is CCC(C)(OC)C(=O)Nc1ccc(F)c(C#N)c1. The molecule has 0 heterocycles. The highest BCUT2D eigenvalue weighted by molar-refractivity contribution is 5.97. The van der Waals surface area contributed by atoms with Crippen molar-refractivity contribution >= 4 is 11.6 Å². The molecule has 0 spiro atoms. The van der Waals surface area contributed by atoms with Gasteiger partial charge < -0.3 is 10.1 Å². The summed E-state index contributed by atoms with van der Waals surface area (Å²) in [5.41, 5.74) is -0.681. The van der Waals surface area contributed by atoms with Gasteiger partial charge in [0.25, 0.3) is 5.91 Å². The van der Waals surface area contributed by atoms with Crippen LogP contribution in [-0.2, 0) is 9.53 Å². The number of hydrogen-bond acceptors (Lipinski definition) is 3. The summed E-state index contributed by atoms with van der Waals surface area (Å²) in [6, 6.07) is 5.55. The predicted octanol–water partition coefficient (Wildman–Crippen LogP) is 2.45. The second-order valence-electron chi connectivity index (χ2n) is 4.05. The van der Waals surface area contributed by atoms with E-state index in [1.807, 2.05) is 6.92 Å². The molecule has 0 aliphatic carbocycles. The Hall–Kier alpha value is -1.93. The molecule has 1 amide bonds. The third kappa shape index (κ3) is 2.84. The van der Waals surface area contributed by atoms with Crippen molar-refractivity contribution in [3.05, 3.63) is 29.6 Å². The second kappa shape index (κ2) is 5.61. The van der Waals surface area contributed by atoms with Gasteiger partial charge in [0.05, 0.1) is 5.56 Å². The molecule has 1 rings (SSSR count). The van der Waals surface area contributed by atoms with Gasteiger partial charge in [0, 0.05) is 12.8 Å². The average molecular weight is 250 g/mol. The molecule has 5 heteroatoms. The zero-order chi connectivity index (χ0) is 13.8. The molecule has 0 radical (unpaired) electrons. The summed E-state index contributed by atoms with van der Waals surface area (Å²) in [6.07, 6.45) is 0.502. The fourth-order valence-electron chi connectivity index (χ4n) is 1.35. The van der Waals surface area contributed by atoms with Crippen LogP contribution in [0, 0.1) is 17.1 Å². The summed E-state index contributed by atoms with van der Waals surface area (Å²) in [5, 5.41) is 11.3. The van der Waals surface area contributed by atoms with E-state index in [1.165, 1.54) is 19.2 Å².